The van der Waals surface area contributed by atoms with E-state index in [1.54, 1.807) is 30.3 Å². The van der Waals surface area contributed by atoms with Gasteiger partial charge in [-0.15, -0.1) is 0 Å². The number of rotatable bonds is 3. The molecule has 0 amide bonds. The molecule has 5 heteroatoms. The summed E-state index contributed by atoms with van der Waals surface area (Å²) in [5, 5.41) is 8.70. The van der Waals surface area contributed by atoms with E-state index in [2.05, 4.69) is 9.97 Å². The van der Waals surface area contributed by atoms with Crippen molar-refractivity contribution in [3.63, 3.8) is 0 Å². The van der Waals surface area contributed by atoms with Gasteiger partial charge in [-0.05, 0) is 31.2 Å². The smallest absolute Gasteiger partial charge is 0.185 e. The van der Waals surface area contributed by atoms with Gasteiger partial charge in [0, 0.05) is 5.56 Å². The maximum atomic E-state index is 13.8. The summed E-state index contributed by atoms with van der Waals surface area (Å²) in [6, 6.07) is 8.53. The molecular weight excluding hydrogens is 233 g/mol. The lowest BCUT2D eigenvalue weighted by Crippen LogP contribution is -1.97. The minimum Gasteiger partial charge on any atom is -0.494 e. The molecule has 0 bridgehead atoms. The molecule has 0 aliphatic carbocycles. The highest BCUT2D eigenvalue weighted by atomic mass is 19.1. The molecule has 0 saturated heterocycles. The average molecular weight is 243 g/mol. The minimum absolute atomic E-state index is 0.115. The Morgan fingerprint density at radius 3 is 2.61 bits per heavy atom. The Labute approximate surface area is 104 Å². The van der Waals surface area contributed by atoms with Crippen molar-refractivity contribution in [1.82, 2.24) is 9.97 Å². The number of nitrogens with zero attached hydrogens (tertiary/aromatic N) is 3. The van der Waals surface area contributed by atoms with Crippen LogP contribution in [0.1, 0.15) is 12.6 Å². The number of hydrogen-bond donors (Lipinski definition) is 0. The van der Waals surface area contributed by atoms with E-state index in [1.165, 1.54) is 6.33 Å². The molecule has 2 aromatic rings. The molecule has 18 heavy (non-hydrogen) atoms. The maximum absolute atomic E-state index is 13.8. The number of aromatic nitrogens is 2. The lowest BCUT2D eigenvalue weighted by molar-refractivity contribution is 0.340. The van der Waals surface area contributed by atoms with Gasteiger partial charge in [0.15, 0.2) is 11.5 Å². The van der Waals surface area contributed by atoms with Crippen LogP contribution in [0.15, 0.2) is 30.6 Å². The highest BCUT2D eigenvalue weighted by Crippen LogP contribution is 2.23. The van der Waals surface area contributed by atoms with Gasteiger partial charge in [-0.25, -0.2) is 14.4 Å². The van der Waals surface area contributed by atoms with Crippen molar-refractivity contribution in [2.75, 3.05) is 6.61 Å². The Hall–Kier alpha value is -2.48. The fraction of sp³-hybridized carbons (Fsp3) is 0.154. The predicted molar refractivity (Wildman–Crippen MR) is 63.3 cm³/mol. The van der Waals surface area contributed by atoms with E-state index in [0.717, 1.165) is 0 Å². The van der Waals surface area contributed by atoms with Gasteiger partial charge in [-0.1, -0.05) is 0 Å². The van der Waals surface area contributed by atoms with Gasteiger partial charge in [0.2, 0.25) is 0 Å². The van der Waals surface area contributed by atoms with Gasteiger partial charge in [0.25, 0.3) is 0 Å². The van der Waals surface area contributed by atoms with Crippen molar-refractivity contribution in [1.29, 1.82) is 5.26 Å². The zero-order chi connectivity index (χ0) is 13.0. The Balaban J connectivity index is 2.40. The quantitative estimate of drug-likeness (QED) is 0.831. The molecule has 2 rings (SSSR count). The second-order valence-corrected chi connectivity index (χ2v) is 3.45. The molecule has 0 fully saturated rings. The number of benzene rings is 1. The van der Waals surface area contributed by atoms with Crippen molar-refractivity contribution >= 4 is 0 Å². The number of ether oxygens (including phenoxy) is 1. The molecule has 0 saturated carbocycles. The summed E-state index contributed by atoms with van der Waals surface area (Å²) in [5.74, 6) is 0.000353. The standard InChI is InChI=1S/C13H10FN3O/c1-2-18-10-5-3-9(4-6-10)13-12(14)11(7-15)16-8-17-13/h3-6,8H,2H2,1H3. The van der Waals surface area contributed by atoms with Crippen LogP contribution < -0.4 is 4.74 Å². The van der Waals surface area contributed by atoms with E-state index in [1.807, 2.05) is 6.92 Å². The number of halogens is 1. The highest BCUT2D eigenvalue weighted by Gasteiger charge is 2.12. The third kappa shape index (κ3) is 2.28. The van der Waals surface area contributed by atoms with E-state index in [9.17, 15) is 4.39 Å². The predicted octanol–water partition coefficient (Wildman–Crippen LogP) is 2.55. The lowest BCUT2D eigenvalue weighted by Gasteiger charge is -2.05. The lowest BCUT2D eigenvalue weighted by atomic mass is 10.1. The average Bonchev–Trinajstić information content (AvgIpc) is 2.41. The van der Waals surface area contributed by atoms with E-state index in [0.29, 0.717) is 17.9 Å². The molecule has 90 valence electrons. The van der Waals surface area contributed by atoms with Crippen LogP contribution in [0.25, 0.3) is 11.3 Å². The molecular formula is C13H10FN3O. The SMILES string of the molecule is CCOc1ccc(-c2ncnc(C#N)c2F)cc1. The van der Waals surface area contributed by atoms with Gasteiger partial charge >= 0.3 is 0 Å². The number of nitriles is 1. The molecule has 0 N–H and O–H groups in total. The summed E-state index contributed by atoms with van der Waals surface area (Å²) in [7, 11) is 0. The Kier molecular flexibility index (Phi) is 3.49. The molecule has 1 heterocycles. The summed E-state index contributed by atoms with van der Waals surface area (Å²) in [4.78, 5) is 7.41. The van der Waals surface area contributed by atoms with Crippen molar-refractivity contribution < 1.29 is 9.13 Å². The van der Waals surface area contributed by atoms with Gasteiger partial charge in [0.1, 0.15) is 23.8 Å². The third-order valence-corrected chi connectivity index (χ3v) is 2.33. The second-order valence-electron chi connectivity index (χ2n) is 3.45. The van der Waals surface area contributed by atoms with Crippen LogP contribution in [0.5, 0.6) is 5.75 Å². The van der Waals surface area contributed by atoms with Crippen LogP contribution in [-0.2, 0) is 0 Å². The van der Waals surface area contributed by atoms with Crippen LogP contribution in [0.4, 0.5) is 4.39 Å². The second kappa shape index (κ2) is 5.23. The summed E-state index contributed by atoms with van der Waals surface area (Å²) in [6.07, 6.45) is 1.17. The molecule has 0 spiro atoms. The molecule has 0 aliphatic heterocycles. The highest BCUT2D eigenvalue weighted by molar-refractivity contribution is 5.61. The first-order valence-corrected chi connectivity index (χ1v) is 5.40. The van der Waals surface area contributed by atoms with Crippen LogP contribution in [0.3, 0.4) is 0 Å². The zero-order valence-corrected chi connectivity index (χ0v) is 9.72. The normalized spacial score (nSPS) is 9.83. The summed E-state index contributed by atoms with van der Waals surface area (Å²) < 4.78 is 19.1. The Morgan fingerprint density at radius 2 is 2.00 bits per heavy atom. The topological polar surface area (TPSA) is 58.8 Å². The molecule has 0 atom stereocenters. The van der Waals surface area contributed by atoms with Crippen molar-refractivity contribution in [3.8, 4) is 23.1 Å². The molecule has 0 unspecified atom stereocenters. The van der Waals surface area contributed by atoms with Crippen LogP contribution in [-0.4, -0.2) is 16.6 Å². The third-order valence-electron chi connectivity index (χ3n) is 2.33. The van der Waals surface area contributed by atoms with Gasteiger partial charge in [-0.2, -0.15) is 5.26 Å². The minimum atomic E-state index is -0.704. The Morgan fingerprint density at radius 1 is 1.28 bits per heavy atom. The van der Waals surface area contributed by atoms with E-state index in [4.69, 9.17) is 10.00 Å². The summed E-state index contributed by atoms with van der Waals surface area (Å²) in [5.41, 5.74) is 0.438. The monoisotopic (exact) mass is 243 g/mol. The zero-order valence-electron chi connectivity index (χ0n) is 9.72. The van der Waals surface area contributed by atoms with E-state index < -0.39 is 5.82 Å². The fourth-order valence-corrected chi connectivity index (χ4v) is 1.52. The van der Waals surface area contributed by atoms with Crippen LogP contribution >= 0.6 is 0 Å². The van der Waals surface area contributed by atoms with Crippen molar-refractivity contribution in [2.45, 2.75) is 6.92 Å². The largest absolute Gasteiger partial charge is 0.494 e. The molecule has 0 aliphatic rings. The molecule has 0 radical (unpaired) electrons. The summed E-state index contributed by atoms with van der Waals surface area (Å²) >= 11 is 0. The van der Waals surface area contributed by atoms with Crippen LogP contribution in [0, 0.1) is 17.1 Å². The van der Waals surface area contributed by atoms with Gasteiger partial charge in [0.05, 0.1) is 6.61 Å². The van der Waals surface area contributed by atoms with Gasteiger partial charge in [-0.3, -0.25) is 0 Å². The fourth-order valence-electron chi connectivity index (χ4n) is 1.52. The maximum Gasteiger partial charge on any atom is 0.185 e. The number of hydrogen-bond acceptors (Lipinski definition) is 4. The van der Waals surface area contributed by atoms with E-state index >= 15 is 0 Å². The molecule has 1 aromatic heterocycles. The van der Waals surface area contributed by atoms with Gasteiger partial charge < -0.3 is 4.74 Å². The molecule has 4 nitrogen and oxygen atoms in total. The first-order chi connectivity index (χ1) is 8.76. The first kappa shape index (κ1) is 12.0. The summed E-state index contributed by atoms with van der Waals surface area (Å²) in [6.45, 7) is 2.46. The van der Waals surface area contributed by atoms with E-state index in [-0.39, 0.29) is 11.4 Å². The molecule has 1 aromatic carbocycles. The van der Waals surface area contributed by atoms with Crippen molar-refractivity contribution in [3.05, 3.63) is 42.1 Å². The van der Waals surface area contributed by atoms with Crippen molar-refractivity contribution in [2.24, 2.45) is 0 Å². The Bertz CT molecular complexity index is 590. The first-order valence-electron chi connectivity index (χ1n) is 5.40. The van der Waals surface area contributed by atoms with Crippen LogP contribution in [0.2, 0.25) is 0 Å².